The Morgan fingerprint density at radius 1 is 1.56 bits per heavy atom. The van der Waals surface area contributed by atoms with E-state index in [1.54, 1.807) is 18.3 Å². The molecule has 1 aliphatic heterocycles. The van der Waals surface area contributed by atoms with Crippen LogP contribution in [-0.2, 0) is 4.74 Å². The van der Waals surface area contributed by atoms with Crippen molar-refractivity contribution >= 4 is 11.8 Å². The van der Waals surface area contributed by atoms with Crippen molar-refractivity contribution in [1.29, 1.82) is 0 Å². The molecule has 0 saturated carbocycles. The Labute approximate surface area is 107 Å². The smallest absolute Gasteiger partial charge is 0.338 e. The molecule has 0 spiro atoms. The summed E-state index contributed by atoms with van der Waals surface area (Å²) in [4.78, 5) is 18.0. The van der Waals surface area contributed by atoms with E-state index in [-0.39, 0.29) is 5.97 Å². The number of aromatic nitrogens is 1. The molecule has 1 fully saturated rings. The minimum atomic E-state index is -0.324. The Morgan fingerprint density at radius 2 is 2.28 bits per heavy atom. The normalized spacial score (nSPS) is 16.7. The zero-order valence-corrected chi connectivity index (χ0v) is 10.6. The van der Waals surface area contributed by atoms with Crippen LogP contribution in [0.2, 0.25) is 0 Å². The molecule has 0 atom stereocenters. The number of anilines is 1. The number of carbonyl (C=O) groups is 1. The molecule has 98 valence electrons. The van der Waals surface area contributed by atoms with Gasteiger partial charge in [0, 0.05) is 19.3 Å². The fourth-order valence-electron chi connectivity index (χ4n) is 2.23. The first kappa shape index (κ1) is 12.8. The van der Waals surface area contributed by atoms with E-state index in [0.717, 1.165) is 38.3 Å². The Hall–Kier alpha value is -1.62. The van der Waals surface area contributed by atoms with Crippen LogP contribution in [-0.4, -0.2) is 37.7 Å². The summed E-state index contributed by atoms with van der Waals surface area (Å²) in [6, 6.07) is 3.45. The first-order chi connectivity index (χ1) is 8.74. The highest BCUT2D eigenvalue weighted by atomic mass is 16.5. The number of esters is 1. The van der Waals surface area contributed by atoms with Crippen molar-refractivity contribution in [1.82, 2.24) is 4.98 Å². The molecule has 0 aromatic carbocycles. The second-order valence-corrected chi connectivity index (χ2v) is 4.56. The van der Waals surface area contributed by atoms with Crippen molar-refractivity contribution in [2.24, 2.45) is 11.7 Å². The molecule has 0 unspecified atom stereocenters. The summed E-state index contributed by atoms with van der Waals surface area (Å²) >= 11 is 0. The topological polar surface area (TPSA) is 68.5 Å². The standard InChI is InChI=1S/C13H19N3O2/c1-18-13(17)11-2-5-15-12(8-11)16-6-3-10(9-14)4-7-16/h2,5,8,10H,3-4,6-7,9,14H2,1H3. The van der Waals surface area contributed by atoms with E-state index < -0.39 is 0 Å². The summed E-state index contributed by atoms with van der Waals surface area (Å²) < 4.78 is 4.71. The molecule has 18 heavy (non-hydrogen) atoms. The number of nitrogens with two attached hydrogens (primary N) is 1. The second kappa shape index (κ2) is 5.82. The SMILES string of the molecule is COC(=O)c1ccnc(N2CCC(CN)CC2)c1. The van der Waals surface area contributed by atoms with Crippen molar-refractivity contribution < 1.29 is 9.53 Å². The number of piperidine rings is 1. The Balaban J connectivity index is 2.07. The van der Waals surface area contributed by atoms with E-state index in [1.807, 2.05) is 0 Å². The molecule has 2 N–H and O–H groups in total. The zero-order chi connectivity index (χ0) is 13.0. The highest BCUT2D eigenvalue weighted by Crippen LogP contribution is 2.21. The molecule has 1 aromatic rings. The Bertz CT molecular complexity index is 414. The summed E-state index contributed by atoms with van der Waals surface area (Å²) in [5.74, 6) is 1.13. The quantitative estimate of drug-likeness (QED) is 0.811. The van der Waals surface area contributed by atoms with Crippen LogP contribution in [0.1, 0.15) is 23.2 Å². The maximum atomic E-state index is 11.5. The van der Waals surface area contributed by atoms with E-state index in [0.29, 0.717) is 11.5 Å². The number of carbonyl (C=O) groups excluding carboxylic acids is 1. The van der Waals surface area contributed by atoms with E-state index in [4.69, 9.17) is 10.5 Å². The number of nitrogens with zero attached hydrogens (tertiary/aromatic N) is 2. The molecular weight excluding hydrogens is 230 g/mol. The summed E-state index contributed by atoms with van der Waals surface area (Å²) in [7, 11) is 1.38. The van der Waals surface area contributed by atoms with Gasteiger partial charge in [-0.3, -0.25) is 0 Å². The van der Waals surface area contributed by atoms with Gasteiger partial charge in [-0.2, -0.15) is 0 Å². The van der Waals surface area contributed by atoms with Crippen molar-refractivity contribution in [2.75, 3.05) is 31.6 Å². The molecule has 2 rings (SSSR count). The molecular formula is C13H19N3O2. The average Bonchev–Trinajstić information content (AvgIpc) is 2.46. The van der Waals surface area contributed by atoms with Gasteiger partial charge in [0.1, 0.15) is 5.82 Å². The van der Waals surface area contributed by atoms with Gasteiger partial charge >= 0.3 is 5.97 Å². The third-order valence-electron chi connectivity index (χ3n) is 3.44. The van der Waals surface area contributed by atoms with Crippen LogP contribution in [0.15, 0.2) is 18.3 Å². The third-order valence-corrected chi connectivity index (χ3v) is 3.44. The first-order valence-corrected chi connectivity index (χ1v) is 6.24. The molecule has 1 aliphatic rings. The highest BCUT2D eigenvalue weighted by molar-refractivity contribution is 5.90. The lowest BCUT2D eigenvalue weighted by Gasteiger charge is -2.32. The van der Waals surface area contributed by atoms with Crippen LogP contribution >= 0.6 is 0 Å². The van der Waals surface area contributed by atoms with E-state index in [2.05, 4.69) is 9.88 Å². The van der Waals surface area contributed by atoms with Gasteiger partial charge in [0.25, 0.3) is 0 Å². The van der Waals surface area contributed by atoms with Crippen molar-refractivity contribution in [3.05, 3.63) is 23.9 Å². The van der Waals surface area contributed by atoms with Crippen molar-refractivity contribution in [2.45, 2.75) is 12.8 Å². The Morgan fingerprint density at radius 3 is 2.89 bits per heavy atom. The number of methoxy groups -OCH3 is 1. The highest BCUT2D eigenvalue weighted by Gasteiger charge is 2.19. The predicted octanol–water partition coefficient (Wildman–Crippen LogP) is 1.04. The summed E-state index contributed by atoms with van der Waals surface area (Å²) in [6.07, 6.45) is 3.82. The maximum Gasteiger partial charge on any atom is 0.338 e. The van der Waals surface area contributed by atoms with Gasteiger partial charge in [-0.1, -0.05) is 0 Å². The van der Waals surface area contributed by atoms with Gasteiger partial charge in [0.15, 0.2) is 0 Å². The lowest BCUT2D eigenvalue weighted by Crippen LogP contribution is -2.36. The molecule has 0 aliphatic carbocycles. The number of ether oxygens (including phenoxy) is 1. The average molecular weight is 249 g/mol. The van der Waals surface area contributed by atoms with E-state index in [9.17, 15) is 4.79 Å². The minimum Gasteiger partial charge on any atom is -0.465 e. The van der Waals surface area contributed by atoms with Gasteiger partial charge in [-0.15, -0.1) is 0 Å². The van der Waals surface area contributed by atoms with Gasteiger partial charge < -0.3 is 15.4 Å². The molecule has 0 radical (unpaired) electrons. The minimum absolute atomic E-state index is 0.324. The number of hydrogen-bond donors (Lipinski definition) is 1. The van der Waals surface area contributed by atoms with Crippen LogP contribution < -0.4 is 10.6 Å². The van der Waals surface area contributed by atoms with Crippen LogP contribution in [0.5, 0.6) is 0 Å². The summed E-state index contributed by atoms with van der Waals surface area (Å²) in [5.41, 5.74) is 6.22. The van der Waals surface area contributed by atoms with E-state index in [1.165, 1.54) is 7.11 Å². The predicted molar refractivity (Wildman–Crippen MR) is 69.6 cm³/mol. The largest absolute Gasteiger partial charge is 0.465 e. The van der Waals surface area contributed by atoms with Crippen molar-refractivity contribution in [3.8, 4) is 0 Å². The van der Waals surface area contributed by atoms with Crippen molar-refractivity contribution in [3.63, 3.8) is 0 Å². The van der Waals surface area contributed by atoms with E-state index >= 15 is 0 Å². The summed E-state index contributed by atoms with van der Waals surface area (Å²) in [5, 5.41) is 0. The number of rotatable bonds is 3. The third kappa shape index (κ3) is 2.79. The van der Waals surface area contributed by atoms with Gasteiger partial charge in [-0.05, 0) is 37.4 Å². The van der Waals surface area contributed by atoms with Crippen LogP contribution in [0.4, 0.5) is 5.82 Å². The maximum absolute atomic E-state index is 11.5. The molecule has 1 aromatic heterocycles. The fourth-order valence-corrected chi connectivity index (χ4v) is 2.23. The molecule has 2 heterocycles. The zero-order valence-electron chi connectivity index (χ0n) is 10.6. The fraction of sp³-hybridized carbons (Fsp3) is 0.538. The van der Waals surface area contributed by atoms with Gasteiger partial charge in [0.05, 0.1) is 12.7 Å². The van der Waals surface area contributed by atoms with Gasteiger partial charge in [0.2, 0.25) is 0 Å². The molecule has 5 nitrogen and oxygen atoms in total. The Kier molecular flexibility index (Phi) is 4.15. The number of hydrogen-bond acceptors (Lipinski definition) is 5. The molecule has 1 saturated heterocycles. The van der Waals surface area contributed by atoms with Gasteiger partial charge in [-0.25, -0.2) is 9.78 Å². The lowest BCUT2D eigenvalue weighted by atomic mass is 9.97. The molecule has 5 heteroatoms. The first-order valence-electron chi connectivity index (χ1n) is 6.24. The van der Waals surface area contributed by atoms with Crippen LogP contribution in [0.3, 0.4) is 0 Å². The second-order valence-electron chi connectivity index (χ2n) is 4.56. The lowest BCUT2D eigenvalue weighted by molar-refractivity contribution is 0.0600. The number of pyridine rings is 1. The molecule has 0 amide bonds. The summed E-state index contributed by atoms with van der Waals surface area (Å²) in [6.45, 7) is 2.64. The monoisotopic (exact) mass is 249 g/mol. The van der Waals surface area contributed by atoms with Crippen LogP contribution in [0, 0.1) is 5.92 Å². The molecule has 0 bridgehead atoms. The van der Waals surface area contributed by atoms with Crippen LogP contribution in [0.25, 0.3) is 0 Å².